The molecular weight excluding hydrogens is 304 g/mol. The summed E-state index contributed by atoms with van der Waals surface area (Å²) in [6, 6.07) is 7.54. The maximum Gasteiger partial charge on any atom is 0.251 e. The summed E-state index contributed by atoms with van der Waals surface area (Å²) in [6.45, 7) is 0.694. The van der Waals surface area contributed by atoms with Crippen molar-refractivity contribution in [3.63, 3.8) is 0 Å². The molecular formula is C18H24N4O2. The van der Waals surface area contributed by atoms with Crippen LogP contribution in [-0.4, -0.2) is 42.2 Å². The van der Waals surface area contributed by atoms with Crippen molar-refractivity contribution in [2.75, 3.05) is 25.6 Å². The minimum atomic E-state index is -0.209. The number of nitrogens with zero attached hydrogens (tertiary/aromatic N) is 3. The van der Waals surface area contributed by atoms with Gasteiger partial charge in [0.25, 0.3) is 5.91 Å². The quantitative estimate of drug-likeness (QED) is 0.934. The van der Waals surface area contributed by atoms with E-state index in [1.54, 1.807) is 6.20 Å². The molecule has 2 aromatic rings. The molecule has 24 heavy (non-hydrogen) atoms. The first-order valence-electron chi connectivity index (χ1n) is 8.23. The molecule has 1 aliphatic heterocycles. The van der Waals surface area contributed by atoms with Gasteiger partial charge in [0.15, 0.2) is 0 Å². The number of hydrogen-bond acceptors (Lipinski definition) is 4. The minimum absolute atomic E-state index is 0.0737. The zero-order valence-electron chi connectivity index (χ0n) is 14.4. The summed E-state index contributed by atoms with van der Waals surface area (Å²) in [5, 5.41) is 3.13. The monoisotopic (exact) mass is 328 g/mol. The van der Waals surface area contributed by atoms with Crippen LogP contribution in [0.25, 0.3) is 0 Å². The Morgan fingerprint density at radius 3 is 2.96 bits per heavy atom. The van der Waals surface area contributed by atoms with Gasteiger partial charge in [-0.3, -0.25) is 4.79 Å². The molecule has 2 atom stereocenters. The molecule has 6 heteroatoms. The summed E-state index contributed by atoms with van der Waals surface area (Å²) in [4.78, 5) is 19.0. The van der Waals surface area contributed by atoms with Crippen molar-refractivity contribution in [2.24, 2.45) is 7.05 Å². The number of nitrogens with one attached hydrogen (secondary N) is 1. The van der Waals surface area contributed by atoms with Crippen LogP contribution < -0.4 is 10.2 Å². The third-order valence-corrected chi connectivity index (χ3v) is 4.38. The Labute approximate surface area is 142 Å². The van der Waals surface area contributed by atoms with E-state index >= 15 is 0 Å². The van der Waals surface area contributed by atoms with Gasteiger partial charge in [0.2, 0.25) is 0 Å². The van der Waals surface area contributed by atoms with E-state index in [4.69, 9.17) is 4.74 Å². The molecule has 1 N–H and O–H groups in total. The minimum Gasteiger partial charge on any atom is -0.378 e. The SMILES string of the molecule is CN(C)c1cccc(C(=O)N[C@@H]2CCCO[C@H]2c2nccn2C)c1. The van der Waals surface area contributed by atoms with Crippen molar-refractivity contribution in [3.8, 4) is 0 Å². The van der Waals surface area contributed by atoms with Crippen LogP contribution in [0, 0.1) is 0 Å². The van der Waals surface area contributed by atoms with Crippen molar-refractivity contribution in [2.45, 2.75) is 25.0 Å². The van der Waals surface area contributed by atoms with Gasteiger partial charge in [0.05, 0.1) is 6.04 Å². The molecule has 0 saturated carbocycles. The second kappa shape index (κ2) is 7.05. The van der Waals surface area contributed by atoms with Crippen LogP contribution in [-0.2, 0) is 11.8 Å². The van der Waals surface area contributed by atoms with Gasteiger partial charge in [-0.05, 0) is 31.0 Å². The van der Waals surface area contributed by atoms with Crippen molar-refractivity contribution < 1.29 is 9.53 Å². The van der Waals surface area contributed by atoms with Gasteiger partial charge in [-0.2, -0.15) is 0 Å². The number of hydrogen-bond donors (Lipinski definition) is 1. The standard InChI is InChI=1S/C18H24N4O2/c1-21(2)14-7-4-6-13(12-14)18(23)20-15-8-5-11-24-16(15)17-19-9-10-22(17)3/h4,6-7,9-10,12,15-16H,5,8,11H2,1-3H3,(H,20,23)/t15-,16-/m1/s1. The molecule has 1 saturated heterocycles. The van der Waals surface area contributed by atoms with Crippen LogP contribution in [0.15, 0.2) is 36.7 Å². The van der Waals surface area contributed by atoms with E-state index in [0.29, 0.717) is 12.2 Å². The van der Waals surface area contributed by atoms with Gasteiger partial charge in [-0.15, -0.1) is 0 Å². The summed E-state index contributed by atoms with van der Waals surface area (Å²) in [5.74, 6) is 0.774. The zero-order valence-corrected chi connectivity index (χ0v) is 14.4. The van der Waals surface area contributed by atoms with Crippen LogP contribution in [0.3, 0.4) is 0 Å². The van der Waals surface area contributed by atoms with Crippen LogP contribution in [0.5, 0.6) is 0 Å². The fourth-order valence-corrected chi connectivity index (χ4v) is 3.01. The Kier molecular flexibility index (Phi) is 4.85. The topological polar surface area (TPSA) is 59.4 Å². The lowest BCUT2D eigenvalue weighted by molar-refractivity contribution is -0.0159. The number of ether oxygens (including phenoxy) is 1. The van der Waals surface area contributed by atoms with Crippen molar-refractivity contribution in [1.29, 1.82) is 0 Å². The number of imidazole rings is 1. The second-order valence-electron chi connectivity index (χ2n) is 6.35. The Hall–Kier alpha value is -2.34. The summed E-state index contributed by atoms with van der Waals surface area (Å²) in [6.07, 6.45) is 5.26. The predicted molar refractivity (Wildman–Crippen MR) is 93.2 cm³/mol. The van der Waals surface area contributed by atoms with Gasteiger partial charge >= 0.3 is 0 Å². The van der Waals surface area contributed by atoms with E-state index in [1.165, 1.54) is 0 Å². The summed E-state index contributed by atoms with van der Waals surface area (Å²) in [7, 11) is 5.87. The number of aryl methyl sites for hydroxylation is 1. The average molecular weight is 328 g/mol. The molecule has 0 bridgehead atoms. The van der Waals surface area contributed by atoms with Crippen molar-refractivity contribution in [1.82, 2.24) is 14.9 Å². The summed E-state index contributed by atoms with van der Waals surface area (Å²) >= 11 is 0. The number of benzene rings is 1. The molecule has 1 aromatic heterocycles. The maximum absolute atomic E-state index is 12.7. The van der Waals surface area contributed by atoms with E-state index in [0.717, 1.165) is 24.4 Å². The largest absolute Gasteiger partial charge is 0.378 e. The number of carbonyl (C=O) groups is 1. The predicted octanol–water partition coefficient (Wildman–Crippen LogP) is 2.14. The molecule has 2 heterocycles. The summed E-state index contributed by atoms with van der Waals surface area (Å²) < 4.78 is 7.85. The normalized spacial score (nSPS) is 20.6. The van der Waals surface area contributed by atoms with Crippen molar-refractivity contribution in [3.05, 3.63) is 48.0 Å². The van der Waals surface area contributed by atoms with Gasteiger partial charge < -0.3 is 19.5 Å². The highest BCUT2D eigenvalue weighted by Gasteiger charge is 2.31. The molecule has 1 aromatic carbocycles. The number of rotatable bonds is 4. The highest BCUT2D eigenvalue weighted by atomic mass is 16.5. The molecule has 1 amide bonds. The van der Waals surface area contributed by atoms with Crippen LogP contribution >= 0.6 is 0 Å². The lowest BCUT2D eigenvalue weighted by Gasteiger charge is -2.32. The average Bonchev–Trinajstić information content (AvgIpc) is 3.01. The molecule has 3 rings (SSSR count). The van der Waals surface area contributed by atoms with Crippen LogP contribution in [0.4, 0.5) is 5.69 Å². The molecule has 6 nitrogen and oxygen atoms in total. The number of amides is 1. The van der Waals surface area contributed by atoms with Gasteiger partial charge in [0, 0.05) is 51.4 Å². The molecule has 128 valence electrons. The smallest absolute Gasteiger partial charge is 0.251 e. The molecule has 1 aliphatic rings. The van der Waals surface area contributed by atoms with E-state index < -0.39 is 0 Å². The van der Waals surface area contributed by atoms with E-state index in [2.05, 4.69) is 10.3 Å². The van der Waals surface area contributed by atoms with Crippen molar-refractivity contribution >= 4 is 11.6 Å². The Morgan fingerprint density at radius 2 is 2.25 bits per heavy atom. The molecule has 0 spiro atoms. The first-order valence-corrected chi connectivity index (χ1v) is 8.23. The van der Waals surface area contributed by atoms with Crippen LogP contribution in [0.1, 0.15) is 35.1 Å². The molecule has 0 radical (unpaired) electrons. The van der Waals surface area contributed by atoms with Gasteiger partial charge in [0.1, 0.15) is 11.9 Å². The zero-order chi connectivity index (χ0) is 17.1. The lowest BCUT2D eigenvalue weighted by Crippen LogP contribution is -2.43. The van der Waals surface area contributed by atoms with E-state index in [-0.39, 0.29) is 18.1 Å². The molecule has 0 aliphatic carbocycles. The molecule has 1 fully saturated rings. The molecule has 0 unspecified atom stereocenters. The highest BCUT2D eigenvalue weighted by Crippen LogP contribution is 2.27. The first-order chi connectivity index (χ1) is 11.6. The Morgan fingerprint density at radius 1 is 1.42 bits per heavy atom. The lowest BCUT2D eigenvalue weighted by atomic mass is 10.0. The van der Waals surface area contributed by atoms with Crippen LogP contribution in [0.2, 0.25) is 0 Å². The second-order valence-corrected chi connectivity index (χ2v) is 6.35. The Bertz CT molecular complexity index is 711. The van der Waals surface area contributed by atoms with Gasteiger partial charge in [-0.1, -0.05) is 6.07 Å². The number of carbonyl (C=O) groups excluding carboxylic acids is 1. The third-order valence-electron chi connectivity index (χ3n) is 4.38. The fraction of sp³-hybridized carbons (Fsp3) is 0.444. The van der Waals surface area contributed by atoms with E-state index in [1.807, 2.05) is 61.1 Å². The highest BCUT2D eigenvalue weighted by molar-refractivity contribution is 5.95. The summed E-state index contributed by atoms with van der Waals surface area (Å²) in [5.41, 5.74) is 1.66. The Balaban J connectivity index is 1.77. The van der Waals surface area contributed by atoms with Gasteiger partial charge in [-0.25, -0.2) is 4.98 Å². The van der Waals surface area contributed by atoms with E-state index in [9.17, 15) is 4.79 Å². The number of anilines is 1. The maximum atomic E-state index is 12.7. The third kappa shape index (κ3) is 3.43. The first kappa shape index (κ1) is 16.5. The fourth-order valence-electron chi connectivity index (χ4n) is 3.01. The number of aromatic nitrogens is 2.